The highest BCUT2D eigenvalue weighted by atomic mass is 16.3. The molecule has 0 fully saturated rings. The lowest BCUT2D eigenvalue weighted by atomic mass is 9.93. The summed E-state index contributed by atoms with van der Waals surface area (Å²) in [4.78, 5) is 2.50. The molecule has 38 heavy (non-hydrogen) atoms. The molecule has 0 heterocycles. The molecule has 0 saturated carbocycles. The average Bonchev–Trinajstić information content (AvgIpc) is 2.92. The molecule has 0 radical (unpaired) electrons. The van der Waals surface area contributed by atoms with Gasteiger partial charge in [0.1, 0.15) is 0 Å². The van der Waals surface area contributed by atoms with Gasteiger partial charge in [-0.1, -0.05) is 161 Å². The standard InChI is InChI=1S/C36H73NO/c1-4-7-10-13-19-24-29-36(30-25-20-14-11-8-5-2)31-26-21-17-16-18-23-28-33-37(34-35-38)32-27-22-15-12-9-6-3/h26,31,36,38H,4-25,27-30,32-35H2,1-3H3/b31-26-. The van der Waals surface area contributed by atoms with Crippen LogP contribution in [0.5, 0.6) is 0 Å². The molecular weight excluding hydrogens is 462 g/mol. The van der Waals surface area contributed by atoms with Gasteiger partial charge in [-0.05, 0) is 57.5 Å². The van der Waals surface area contributed by atoms with E-state index in [-0.39, 0.29) is 0 Å². The third-order valence-corrected chi connectivity index (χ3v) is 8.35. The Hall–Kier alpha value is -0.340. The van der Waals surface area contributed by atoms with E-state index in [0.29, 0.717) is 6.61 Å². The summed E-state index contributed by atoms with van der Waals surface area (Å²) < 4.78 is 0. The van der Waals surface area contributed by atoms with Crippen molar-refractivity contribution in [3.8, 4) is 0 Å². The van der Waals surface area contributed by atoms with E-state index in [1.165, 1.54) is 180 Å². The summed E-state index contributed by atoms with van der Waals surface area (Å²) in [6.07, 6.45) is 41.2. The zero-order valence-electron chi connectivity index (χ0n) is 26.8. The maximum atomic E-state index is 9.41. The number of aliphatic hydroxyl groups is 1. The molecule has 0 rings (SSSR count). The van der Waals surface area contributed by atoms with Crippen molar-refractivity contribution in [2.75, 3.05) is 26.2 Å². The summed E-state index contributed by atoms with van der Waals surface area (Å²) in [5.74, 6) is 0.830. The first kappa shape index (κ1) is 37.7. The Bertz CT molecular complexity index is 433. The van der Waals surface area contributed by atoms with Crippen LogP contribution in [0.3, 0.4) is 0 Å². The fourth-order valence-corrected chi connectivity index (χ4v) is 5.72. The van der Waals surface area contributed by atoms with Gasteiger partial charge in [0.15, 0.2) is 0 Å². The highest BCUT2D eigenvalue weighted by Crippen LogP contribution is 2.21. The number of aliphatic hydroxyl groups excluding tert-OH is 1. The normalized spacial score (nSPS) is 12.1. The van der Waals surface area contributed by atoms with Crippen molar-refractivity contribution in [3.05, 3.63) is 12.2 Å². The van der Waals surface area contributed by atoms with Crippen molar-refractivity contribution in [2.45, 2.75) is 188 Å². The molecule has 0 spiro atoms. The van der Waals surface area contributed by atoms with Crippen molar-refractivity contribution >= 4 is 0 Å². The largest absolute Gasteiger partial charge is 0.395 e. The monoisotopic (exact) mass is 536 g/mol. The molecule has 0 aliphatic rings. The van der Waals surface area contributed by atoms with Crippen LogP contribution in [-0.4, -0.2) is 36.2 Å². The van der Waals surface area contributed by atoms with E-state index >= 15 is 0 Å². The second kappa shape index (κ2) is 32.9. The second-order valence-corrected chi connectivity index (χ2v) is 12.2. The molecule has 228 valence electrons. The van der Waals surface area contributed by atoms with Crippen molar-refractivity contribution < 1.29 is 5.11 Å². The second-order valence-electron chi connectivity index (χ2n) is 12.2. The molecule has 0 amide bonds. The highest BCUT2D eigenvalue weighted by molar-refractivity contribution is 4.88. The molecule has 0 unspecified atom stereocenters. The first-order valence-electron chi connectivity index (χ1n) is 17.8. The maximum absolute atomic E-state index is 9.41. The van der Waals surface area contributed by atoms with Crippen LogP contribution >= 0.6 is 0 Å². The lowest BCUT2D eigenvalue weighted by Gasteiger charge is -2.21. The minimum absolute atomic E-state index is 0.306. The van der Waals surface area contributed by atoms with Crippen LogP contribution in [-0.2, 0) is 0 Å². The maximum Gasteiger partial charge on any atom is 0.0558 e. The van der Waals surface area contributed by atoms with Gasteiger partial charge in [0.05, 0.1) is 6.61 Å². The quantitative estimate of drug-likeness (QED) is 0.0683. The molecule has 0 aromatic heterocycles. The Balaban J connectivity index is 3.98. The number of hydrogen-bond acceptors (Lipinski definition) is 2. The van der Waals surface area contributed by atoms with Crippen LogP contribution in [0.1, 0.15) is 188 Å². The molecule has 2 nitrogen and oxygen atoms in total. The summed E-state index contributed by atoms with van der Waals surface area (Å²) in [6.45, 7) is 10.4. The van der Waals surface area contributed by atoms with Crippen LogP contribution in [0.25, 0.3) is 0 Å². The topological polar surface area (TPSA) is 23.5 Å². The number of allylic oxidation sites excluding steroid dienone is 2. The molecule has 0 aliphatic carbocycles. The predicted octanol–water partition coefficient (Wildman–Crippen LogP) is 11.7. The fourth-order valence-electron chi connectivity index (χ4n) is 5.72. The van der Waals surface area contributed by atoms with Gasteiger partial charge >= 0.3 is 0 Å². The van der Waals surface area contributed by atoms with E-state index < -0.39 is 0 Å². The van der Waals surface area contributed by atoms with Gasteiger partial charge < -0.3 is 10.0 Å². The van der Waals surface area contributed by atoms with Crippen molar-refractivity contribution in [1.82, 2.24) is 4.90 Å². The summed E-state index contributed by atoms with van der Waals surface area (Å²) >= 11 is 0. The summed E-state index contributed by atoms with van der Waals surface area (Å²) in [5.41, 5.74) is 0. The van der Waals surface area contributed by atoms with Gasteiger partial charge in [0.2, 0.25) is 0 Å². The number of hydrogen-bond donors (Lipinski definition) is 1. The van der Waals surface area contributed by atoms with Gasteiger partial charge in [-0.3, -0.25) is 0 Å². The molecule has 0 bridgehead atoms. The van der Waals surface area contributed by atoms with Crippen molar-refractivity contribution in [1.29, 1.82) is 0 Å². The van der Waals surface area contributed by atoms with E-state index in [9.17, 15) is 5.11 Å². The van der Waals surface area contributed by atoms with Crippen LogP contribution in [0, 0.1) is 5.92 Å². The Morgan fingerprint density at radius 3 is 1.32 bits per heavy atom. The zero-order chi connectivity index (χ0) is 27.8. The average molecular weight is 536 g/mol. The van der Waals surface area contributed by atoms with E-state index in [4.69, 9.17) is 0 Å². The molecule has 0 aliphatic heterocycles. The molecule has 0 atom stereocenters. The summed E-state index contributed by atoms with van der Waals surface area (Å²) in [6, 6.07) is 0. The molecule has 0 aromatic rings. The number of unbranched alkanes of at least 4 members (excludes halogenated alkanes) is 20. The van der Waals surface area contributed by atoms with Crippen LogP contribution in [0.4, 0.5) is 0 Å². The minimum atomic E-state index is 0.306. The summed E-state index contributed by atoms with van der Waals surface area (Å²) in [5, 5.41) is 9.41. The third kappa shape index (κ3) is 28.7. The Morgan fingerprint density at radius 1 is 0.474 bits per heavy atom. The Morgan fingerprint density at radius 2 is 0.868 bits per heavy atom. The van der Waals surface area contributed by atoms with Crippen molar-refractivity contribution in [3.63, 3.8) is 0 Å². The third-order valence-electron chi connectivity index (χ3n) is 8.35. The van der Waals surface area contributed by atoms with Gasteiger partial charge in [-0.2, -0.15) is 0 Å². The Labute approximate surface area is 241 Å². The lowest BCUT2D eigenvalue weighted by Crippen LogP contribution is -2.29. The molecular formula is C36H73NO. The smallest absolute Gasteiger partial charge is 0.0558 e. The SMILES string of the molecule is CCCCCCCCC(/C=C\CCCCCCCN(CCO)CCCCCCCC)CCCCCCCC. The van der Waals surface area contributed by atoms with E-state index in [2.05, 4.69) is 37.8 Å². The minimum Gasteiger partial charge on any atom is -0.395 e. The zero-order valence-corrected chi connectivity index (χ0v) is 26.8. The van der Waals surface area contributed by atoms with E-state index in [0.717, 1.165) is 12.5 Å². The highest BCUT2D eigenvalue weighted by Gasteiger charge is 2.06. The van der Waals surface area contributed by atoms with E-state index in [1.54, 1.807) is 0 Å². The summed E-state index contributed by atoms with van der Waals surface area (Å²) in [7, 11) is 0. The van der Waals surface area contributed by atoms with Gasteiger partial charge in [-0.15, -0.1) is 0 Å². The van der Waals surface area contributed by atoms with Gasteiger partial charge in [0.25, 0.3) is 0 Å². The fraction of sp³-hybridized carbons (Fsp3) is 0.944. The Kier molecular flexibility index (Phi) is 32.6. The number of nitrogens with zero attached hydrogens (tertiary/aromatic N) is 1. The predicted molar refractivity (Wildman–Crippen MR) is 173 cm³/mol. The first-order chi connectivity index (χ1) is 18.8. The van der Waals surface area contributed by atoms with Crippen LogP contribution < -0.4 is 0 Å². The number of rotatable bonds is 32. The van der Waals surface area contributed by atoms with Gasteiger partial charge in [-0.25, -0.2) is 0 Å². The van der Waals surface area contributed by atoms with Crippen molar-refractivity contribution in [2.24, 2.45) is 5.92 Å². The van der Waals surface area contributed by atoms with E-state index in [1.807, 2.05) is 0 Å². The molecule has 0 saturated heterocycles. The molecule has 1 N–H and O–H groups in total. The van der Waals surface area contributed by atoms with Crippen LogP contribution in [0.2, 0.25) is 0 Å². The van der Waals surface area contributed by atoms with Gasteiger partial charge in [0, 0.05) is 6.54 Å². The molecule has 2 heteroatoms. The lowest BCUT2D eigenvalue weighted by molar-refractivity contribution is 0.190. The first-order valence-corrected chi connectivity index (χ1v) is 17.8. The van der Waals surface area contributed by atoms with Crippen LogP contribution in [0.15, 0.2) is 12.2 Å². The molecule has 0 aromatic carbocycles.